The molecule has 0 saturated carbocycles. The van der Waals surface area contributed by atoms with E-state index in [1.807, 2.05) is 0 Å². The Balaban J connectivity index is 1.50. The lowest BCUT2D eigenvalue weighted by Crippen LogP contribution is -2.44. The van der Waals surface area contributed by atoms with Crippen LogP contribution in [0.3, 0.4) is 0 Å². The molecule has 1 aromatic heterocycles. The van der Waals surface area contributed by atoms with Crippen LogP contribution in [0.1, 0.15) is 16.7 Å². The number of pyridine rings is 1. The van der Waals surface area contributed by atoms with Gasteiger partial charge in [-0.05, 0) is 47.0 Å². The minimum atomic E-state index is -1.15. The van der Waals surface area contributed by atoms with Crippen LogP contribution in [0.2, 0.25) is 0 Å². The number of nitrogens with one attached hydrogen (secondary N) is 1. The number of anilines is 1. The average Bonchev–Trinajstić information content (AvgIpc) is 2.83. The predicted molar refractivity (Wildman–Crippen MR) is 122 cm³/mol. The van der Waals surface area contributed by atoms with Gasteiger partial charge in [-0.3, -0.25) is 14.7 Å². The summed E-state index contributed by atoms with van der Waals surface area (Å²) in [5, 5.41) is 12.3. The number of hydrogen-bond donors (Lipinski definition) is 2. The van der Waals surface area contributed by atoms with E-state index in [1.165, 1.54) is 19.2 Å². The molecule has 8 nitrogen and oxygen atoms in total. The lowest BCUT2D eigenvalue weighted by atomic mass is 10.1. The van der Waals surface area contributed by atoms with Gasteiger partial charge in [0, 0.05) is 31.5 Å². The van der Waals surface area contributed by atoms with E-state index < -0.39 is 18.1 Å². The van der Waals surface area contributed by atoms with E-state index in [9.17, 15) is 23.9 Å². The first-order chi connectivity index (χ1) is 16.3. The monoisotopic (exact) mass is 465 g/mol. The van der Waals surface area contributed by atoms with Crippen molar-refractivity contribution < 1.29 is 28.6 Å². The quantitative estimate of drug-likeness (QED) is 0.499. The van der Waals surface area contributed by atoms with Crippen LogP contribution in [-0.2, 0) is 33.8 Å². The van der Waals surface area contributed by atoms with Gasteiger partial charge in [0.05, 0.1) is 6.42 Å². The Bertz CT molecular complexity index is 1120. The fourth-order valence-corrected chi connectivity index (χ4v) is 3.18. The highest BCUT2D eigenvalue weighted by Crippen LogP contribution is 2.14. The van der Waals surface area contributed by atoms with Crippen LogP contribution in [0.15, 0.2) is 73.1 Å². The number of likely N-dealkylation sites (N-methyl/N-ethyl adjacent to an activating group) is 1. The summed E-state index contributed by atoms with van der Waals surface area (Å²) in [6.45, 7) is -0.0633. The molecule has 0 aliphatic heterocycles. The van der Waals surface area contributed by atoms with Crippen molar-refractivity contribution in [1.82, 2.24) is 9.88 Å². The summed E-state index contributed by atoms with van der Waals surface area (Å²) in [6.07, 6.45) is 2.57. The maximum absolute atomic E-state index is 13.0. The molecule has 0 saturated heterocycles. The first kappa shape index (κ1) is 24.4. The van der Waals surface area contributed by atoms with Crippen LogP contribution in [0, 0.1) is 5.82 Å². The van der Waals surface area contributed by atoms with E-state index in [2.05, 4.69) is 10.3 Å². The summed E-state index contributed by atoms with van der Waals surface area (Å²) in [4.78, 5) is 41.2. The van der Waals surface area contributed by atoms with Crippen LogP contribution in [0.25, 0.3) is 0 Å². The maximum atomic E-state index is 13.0. The highest BCUT2D eigenvalue weighted by Gasteiger charge is 2.28. The molecule has 0 fully saturated rings. The van der Waals surface area contributed by atoms with Crippen molar-refractivity contribution in [1.29, 1.82) is 0 Å². The van der Waals surface area contributed by atoms with Crippen LogP contribution in [-0.4, -0.2) is 46.0 Å². The van der Waals surface area contributed by atoms with Crippen molar-refractivity contribution in [2.45, 2.75) is 25.5 Å². The molecule has 176 valence electrons. The van der Waals surface area contributed by atoms with Crippen molar-refractivity contribution in [3.05, 3.63) is 95.6 Å². The number of benzene rings is 2. The number of carbonyl (C=O) groups excluding carboxylic acids is 2. The van der Waals surface area contributed by atoms with Gasteiger partial charge in [0.2, 0.25) is 5.91 Å². The molecule has 1 atom stereocenters. The second-order valence-electron chi connectivity index (χ2n) is 7.63. The molecule has 0 radical (unpaired) electrons. The van der Waals surface area contributed by atoms with E-state index in [0.717, 1.165) is 4.90 Å². The number of carboxylic acids is 1. The lowest BCUT2D eigenvalue weighted by Gasteiger charge is -2.24. The van der Waals surface area contributed by atoms with Crippen LogP contribution < -0.4 is 5.32 Å². The van der Waals surface area contributed by atoms with Gasteiger partial charge in [0.15, 0.2) is 0 Å². The Morgan fingerprint density at radius 3 is 2.32 bits per heavy atom. The van der Waals surface area contributed by atoms with Gasteiger partial charge in [0.25, 0.3) is 0 Å². The molecule has 1 unspecified atom stereocenters. The molecule has 0 spiro atoms. The summed E-state index contributed by atoms with van der Waals surface area (Å²) in [5.74, 6) is -1.76. The molecule has 9 heteroatoms. The van der Waals surface area contributed by atoms with E-state index >= 15 is 0 Å². The summed E-state index contributed by atoms with van der Waals surface area (Å²) in [5.41, 5.74) is 2.60. The zero-order valence-electron chi connectivity index (χ0n) is 18.5. The molecule has 0 aliphatic carbocycles. The van der Waals surface area contributed by atoms with E-state index in [1.54, 1.807) is 60.9 Å². The number of nitrogens with zero attached hydrogens (tertiary/aromatic N) is 2. The Labute approximate surface area is 196 Å². The van der Waals surface area contributed by atoms with E-state index in [0.29, 0.717) is 22.4 Å². The predicted octanol–water partition coefficient (Wildman–Crippen LogP) is 3.67. The molecule has 0 aliphatic rings. The zero-order valence-corrected chi connectivity index (χ0v) is 18.5. The van der Waals surface area contributed by atoms with E-state index in [-0.39, 0.29) is 31.2 Å². The Kier molecular flexibility index (Phi) is 8.28. The van der Waals surface area contributed by atoms with Crippen LogP contribution in [0.4, 0.5) is 14.9 Å². The van der Waals surface area contributed by atoms with E-state index in [4.69, 9.17) is 4.74 Å². The molecule has 0 bridgehead atoms. The molecule has 34 heavy (non-hydrogen) atoms. The summed E-state index contributed by atoms with van der Waals surface area (Å²) in [7, 11) is 1.37. The number of aromatic nitrogens is 1. The number of carboxylic acid groups (broad SMARTS) is 1. The largest absolute Gasteiger partial charge is 0.480 e. The van der Waals surface area contributed by atoms with Crippen molar-refractivity contribution in [3.8, 4) is 0 Å². The number of aliphatic carboxylic acids is 1. The fraction of sp³-hybridized carbons (Fsp3) is 0.200. The van der Waals surface area contributed by atoms with Gasteiger partial charge < -0.3 is 15.2 Å². The van der Waals surface area contributed by atoms with Gasteiger partial charge in [-0.2, -0.15) is 0 Å². The van der Waals surface area contributed by atoms with Gasteiger partial charge in [-0.1, -0.05) is 30.3 Å². The normalized spacial score (nSPS) is 11.4. The van der Waals surface area contributed by atoms with Crippen LogP contribution >= 0.6 is 0 Å². The molecule has 2 N–H and O–H groups in total. The fourth-order valence-electron chi connectivity index (χ4n) is 3.18. The second kappa shape index (κ2) is 11.6. The third kappa shape index (κ3) is 7.13. The third-order valence-electron chi connectivity index (χ3n) is 5.07. The second-order valence-corrected chi connectivity index (χ2v) is 7.63. The Hall–Kier alpha value is -4.27. The Morgan fingerprint density at radius 1 is 1.03 bits per heavy atom. The highest BCUT2D eigenvalue weighted by atomic mass is 19.1. The van der Waals surface area contributed by atoms with Crippen molar-refractivity contribution in [2.24, 2.45) is 0 Å². The smallest absolute Gasteiger partial charge is 0.410 e. The van der Waals surface area contributed by atoms with Crippen molar-refractivity contribution in [3.63, 3.8) is 0 Å². The first-order valence-corrected chi connectivity index (χ1v) is 10.5. The maximum Gasteiger partial charge on any atom is 0.410 e. The summed E-state index contributed by atoms with van der Waals surface area (Å²) >= 11 is 0. The Morgan fingerprint density at radius 2 is 1.71 bits per heavy atom. The van der Waals surface area contributed by atoms with Gasteiger partial charge in [0.1, 0.15) is 18.5 Å². The first-order valence-electron chi connectivity index (χ1n) is 10.5. The third-order valence-corrected chi connectivity index (χ3v) is 5.07. The van der Waals surface area contributed by atoms with Crippen LogP contribution in [0.5, 0.6) is 0 Å². The minimum Gasteiger partial charge on any atom is -0.480 e. The minimum absolute atomic E-state index is 0.0633. The molecule has 3 aromatic rings. The molecular formula is C25H24FN3O5. The van der Waals surface area contributed by atoms with Gasteiger partial charge >= 0.3 is 12.1 Å². The van der Waals surface area contributed by atoms with Gasteiger partial charge in [-0.15, -0.1) is 0 Å². The number of ether oxygens (including phenoxy) is 1. The highest BCUT2D eigenvalue weighted by molar-refractivity contribution is 5.92. The number of amides is 2. The topological polar surface area (TPSA) is 109 Å². The molecule has 1 heterocycles. The van der Waals surface area contributed by atoms with Crippen molar-refractivity contribution >= 4 is 23.7 Å². The zero-order chi connectivity index (χ0) is 24.5. The van der Waals surface area contributed by atoms with Crippen molar-refractivity contribution in [2.75, 3.05) is 12.4 Å². The molecule has 3 rings (SSSR count). The number of carbonyl (C=O) groups is 3. The summed E-state index contributed by atoms with van der Waals surface area (Å²) < 4.78 is 18.2. The SMILES string of the molecule is CN(C(=O)OCc1ccc(NC(=O)Cc2ccc(F)cc2)cc1)C(Cc1cccnc1)C(=O)O. The molecular weight excluding hydrogens is 441 g/mol. The lowest BCUT2D eigenvalue weighted by molar-refractivity contribution is -0.142. The standard InChI is InChI=1S/C25H24FN3O5/c1-29(22(24(31)32)13-19-3-2-12-27-15-19)25(33)34-16-18-6-10-21(11-7-18)28-23(30)14-17-4-8-20(26)9-5-17/h2-12,15,22H,13-14,16H2,1H3,(H,28,30)(H,31,32). The average molecular weight is 465 g/mol. The summed E-state index contributed by atoms with van der Waals surface area (Å²) in [6, 6.07) is 14.7. The molecule has 2 aromatic carbocycles. The molecule has 2 amide bonds. The number of halogens is 1. The number of hydrogen-bond acceptors (Lipinski definition) is 5. The number of rotatable bonds is 9. The van der Waals surface area contributed by atoms with Gasteiger partial charge in [-0.25, -0.2) is 14.0 Å².